The quantitative estimate of drug-likeness (QED) is 0.779. The fourth-order valence-electron chi connectivity index (χ4n) is 2.04. The van der Waals surface area contributed by atoms with E-state index in [4.69, 9.17) is 5.73 Å². The first kappa shape index (κ1) is 15.0. The van der Waals surface area contributed by atoms with Crippen LogP contribution in [-0.4, -0.2) is 32.3 Å². The van der Waals surface area contributed by atoms with Crippen molar-refractivity contribution >= 4 is 39.9 Å². The molecule has 2 aromatic heterocycles. The number of hydrogen-bond donors (Lipinski definition) is 2. The number of carbonyl (C=O) groups is 2. The van der Waals surface area contributed by atoms with Crippen molar-refractivity contribution in [2.24, 2.45) is 12.8 Å². The number of aromatic nitrogens is 3. The summed E-state index contributed by atoms with van der Waals surface area (Å²) in [6.07, 6.45) is 2.32. The molecule has 0 aromatic carbocycles. The van der Waals surface area contributed by atoms with Crippen LogP contribution in [0.5, 0.6) is 0 Å². The molecule has 1 aliphatic rings. The first-order valence-corrected chi connectivity index (χ1v) is 8.62. The van der Waals surface area contributed by atoms with Gasteiger partial charge in [0.15, 0.2) is 5.16 Å². The van der Waals surface area contributed by atoms with E-state index in [1.807, 2.05) is 11.6 Å². The van der Waals surface area contributed by atoms with Crippen LogP contribution >= 0.6 is 23.1 Å². The van der Waals surface area contributed by atoms with Gasteiger partial charge in [-0.1, -0.05) is 11.8 Å². The zero-order valence-corrected chi connectivity index (χ0v) is 13.5. The van der Waals surface area contributed by atoms with Crippen LogP contribution in [0, 0.1) is 0 Å². The second-order valence-electron chi connectivity index (χ2n) is 5.04. The Morgan fingerprint density at radius 1 is 1.50 bits per heavy atom. The largest absolute Gasteiger partial charge is 0.366 e. The predicted molar refractivity (Wildman–Crippen MR) is 85.2 cm³/mol. The van der Waals surface area contributed by atoms with E-state index in [1.165, 1.54) is 23.1 Å². The van der Waals surface area contributed by atoms with Crippen molar-refractivity contribution in [2.45, 2.75) is 23.9 Å². The molecule has 0 spiro atoms. The molecule has 0 radical (unpaired) electrons. The SMILES string of the molecule is Cn1c(SCC(=O)Nc2sccc2C(N)=O)nnc1C1CC1. The third-order valence-electron chi connectivity index (χ3n) is 3.33. The van der Waals surface area contributed by atoms with Gasteiger partial charge in [-0.3, -0.25) is 9.59 Å². The minimum atomic E-state index is -0.549. The van der Waals surface area contributed by atoms with Crippen molar-refractivity contribution < 1.29 is 9.59 Å². The van der Waals surface area contributed by atoms with E-state index in [0.717, 1.165) is 23.8 Å². The summed E-state index contributed by atoms with van der Waals surface area (Å²) in [6.45, 7) is 0. The van der Waals surface area contributed by atoms with E-state index >= 15 is 0 Å². The molecule has 0 unspecified atom stereocenters. The molecule has 0 aliphatic heterocycles. The highest BCUT2D eigenvalue weighted by molar-refractivity contribution is 7.99. The Bertz CT molecular complexity index is 720. The van der Waals surface area contributed by atoms with Crippen LogP contribution in [0.4, 0.5) is 5.00 Å². The molecule has 1 aliphatic carbocycles. The summed E-state index contributed by atoms with van der Waals surface area (Å²) in [5.41, 5.74) is 5.58. The van der Waals surface area contributed by atoms with Crippen molar-refractivity contribution in [1.29, 1.82) is 0 Å². The lowest BCUT2D eigenvalue weighted by Gasteiger charge is -2.05. The Balaban J connectivity index is 1.58. The molecule has 7 nitrogen and oxygen atoms in total. The number of thiophene rings is 1. The standard InChI is InChI=1S/C13H15N5O2S2/c1-18-11(7-2-3-7)16-17-13(18)22-6-9(19)15-12-8(10(14)20)4-5-21-12/h4-5,7H,2-3,6H2,1H3,(H2,14,20)(H,15,19). The summed E-state index contributed by atoms with van der Waals surface area (Å²) in [6, 6.07) is 1.60. The molecule has 0 bridgehead atoms. The van der Waals surface area contributed by atoms with Crippen LogP contribution in [0.1, 0.15) is 34.9 Å². The highest BCUT2D eigenvalue weighted by atomic mass is 32.2. The highest BCUT2D eigenvalue weighted by Gasteiger charge is 2.29. The second-order valence-corrected chi connectivity index (χ2v) is 6.90. The van der Waals surface area contributed by atoms with Crippen molar-refractivity contribution in [2.75, 3.05) is 11.1 Å². The number of thioether (sulfide) groups is 1. The number of primary amides is 1. The van der Waals surface area contributed by atoms with Gasteiger partial charge in [0.2, 0.25) is 5.91 Å². The first-order valence-electron chi connectivity index (χ1n) is 6.75. The van der Waals surface area contributed by atoms with Crippen LogP contribution < -0.4 is 11.1 Å². The number of carbonyl (C=O) groups excluding carboxylic acids is 2. The normalized spacial score (nSPS) is 14.0. The number of nitrogens with one attached hydrogen (secondary N) is 1. The average molecular weight is 337 g/mol. The maximum atomic E-state index is 12.0. The number of hydrogen-bond acceptors (Lipinski definition) is 6. The molecule has 2 heterocycles. The fourth-order valence-corrected chi connectivity index (χ4v) is 3.57. The summed E-state index contributed by atoms with van der Waals surface area (Å²) >= 11 is 2.60. The Labute approximate surface area is 135 Å². The third kappa shape index (κ3) is 3.14. The summed E-state index contributed by atoms with van der Waals surface area (Å²) in [4.78, 5) is 23.2. The minimum absolute atomic E-state index is 0.201. The highest BCUT2D eigenvalue weighted by Crippen LogP contribution is 2.39. The first-order chi connectivity index (χ1) is 10.6. The molecule has 0 atom stereocenters. The maximum Gasteiger partial charge on any atom is 0.251 e. The molecule has 3 N–H and O–H groups in total. The molecule has 1 saturated carbocycles. The van der Waals surface area contributed by atoms with E-state index in [9.17, 15) is 9.59 Å². The van der Waals surface area contributed by atoms with Crippen LogP contribution in [-0.2, 0) is 11.8 Å². The number of nitrogens with zero attached hydrogens (tertiary/aromatic N) is 3. The number of anilines is 1. The Hall–Kier alpha value is -1.87. The zero-order chi connectivity index (χ0) is 15.7. The monoisotopic (exact) mass is 337 g/mol. The zero-order valence-electron chi connectivity index (χ0n) is 11.9. The third-order valence-corrected chi connectivity index (χ3v) is 5.18. The van der Waals surface area contributed by atoms with Gasteiger partial charge in [-0.25, -0.2) is 0 Å². The average Bonchev–Trinajstić information content (AvgIpc) is 3.09. The molecule has 0 saturated heterocycles. The lowest BCUT2D eigenvalue weighted by molar-refractivity contribution is -0.113. The molecule has 2 aromatic rings. The van der Waals surface area contributed by atoms with Gasteiger partial charge >= 0.3 is 0 Å². The van der Waals surface area contributed by atoms with Gasteiger partial charge in [0.25, 0.3) is 5.91 Å². The molecule has 2 amide bonds. The van der Waals surface area contributed by atoms with Gasteiger partial charge in [0, 0.05) is 13.0 Å². The van der Waals surface area contributed by atoms with E-state index in [1.54, 1.807) is 11.4 Å². The van der Waals surface area contributed by atoms with Crippen molar-refractivity contribution in [1.82, 2.24) is 14.8 Å². The minimum Gasteiger partial charge on any atom is -0.366 e. The summed E-state index contributed by atoms with van der Waals surface area (Å²) in [5.74, 6) is 0.951. The molecular weight excluding hydrogens is 322 g/mol. The lowest BCUT2D eigenvalue weighted by atomic mass is 10.3. The molecule has 22 heavy (non-hydrogen) atoms. The van der Waals surface area contributed by atoms with Gasteiger partial charge < -0.3 is 15.6 Å². The summed E-state index contributed by atoms with van der Waals surface area (Å²) in [5, 5.41) is 13.9. The van der Waals surface area contributed by atoms with Gasteiger partial charge in [-0.2, -0.15) is 0 Å². The van der Waals surface area contributed by atoms with Crippen LogP contribution in [0.3, 0.4) is 0 Å². The van der Waals surface area contributed by atoms with Crippen LogP contribution in [0.15, 0.2) is 16.6 Å². The van der Waals surface area contributed by atoms with Crippen LogP contribution in [0.2, 0.25) is 0 Å². The fraction of sp³-hybridized carbons (Fsp3) is 0.385. The predicted octanol–water partition coefficient (Wildman–Crippen LogP) is 1.58. The van der Waals surface area contributed by atoms with Crippen LogP contribution in [0.25, 0.3) is 0 Å². The molecule has 116 valence electrons. The summed E-state index contributed by atoms with van der Waals surface area (Å²) < 4.78 is 1.94. The lowest BCUT2D eigenvalue weighted by Crippen LogP contribution is -2.18. The Morgan fingerprint density at radius 3 is 2.95 bits per heavy atom. The number of amides is 2. The van der Waals surface area contributed by atoms with Crippen molar-refractivity contribution in [3.8, 4) is 0 Å². The second kappa shape index (κ2) is 6.09. The Kier molecular flexibility index (Phi) is 4.16. The Morgan fingerprint density at radius 2 is 2.27 bits per heavy atom. The van der Waals surface area contributed by atoms with Gasteiger partial charge in [0.1, 0.15) is 10.8 Å². The maximum absolute atomic E-state index is 12.0. The smallest absolute Gasteiger partial charge is 0.251 e. The van der Waals surface area contributed by atoms with Crippen molar-refractivity contribution in [3.63, 3.8) is 0 Å². The molecular formula is C13H15N5O2S2. The molecule has 1 fully saturated rings. The van der Waals surface area contributed by atoms with Crippen molar-refractivity contribution in [3.05, 3.63) is 22.8 Å². The number of nitrogens with two attached hydrogens (primary N) is 1. The molecule has 3 rings (SSSR count). The van der Waals surface area contributed by atoms with Gasteiger partial charge in [-0.05, 0) is 24.3 Å². The topological polar surface area (TPSA) is 103 Å². The van der Waals surface area contributed by atoms with E-state index in [2.05, 4.69) is 15.5 Å². The van der Waals surface area contributed by atoms with E-state index in [-0.39, 0.29) is 11.7 Å². The van der Waals surface area contributed by atoms with E-state index < -0.39 is 5.91 Å². The molecule has 9 heteroatoms. The van der Waals surface area contributed by atoms with E-state index in [0.29, 0.717) is 16.5 Å². The summed E-state index contributed by atoms with van der Waals surface area (Å²) in [7, 11) is 1.92. The van der Waals surface area contributed by atoms with Gasteiger partial charge in [-0.15, -0.1) is 21.5 Å². The van der Waals surface area contributed by atoms with Gasteiger partial charge in [0.05, 0.1) is 11.3 Å². The number of rotatable bonds is 6.